The van der Waals surface area contributed by atoms with Crippen molar-refractivity contribution >= 4 is 11.2 Å². The normalized spacial score (nSPS) is 12.7. The van der Waals surface area contributed by atoms with Crippen molar-refractivity contribution in [2.24, 2.45) is 0 Å². The van der Waals surface area contributed by atoms with E-state index in [1.807, 2.05) is 36.5 Å². The summed E-state index contributed by atoms with van der Waals surface area (Å²) in [6.45, 7) is 4.40. The van der Waals surface area contributed by atoms with E-state index in [0.29, 0.717) is 5.92 Å². The van der Waals surface area contributed by atoms with Crippen LogP contribution in [0.25, 0.3) is 16.9 Å². The molecule has 2 aromatic heterocycles. The third-order valence-electron chi connectivity index (χ3n) is 3.51. The maximum absolute atomic E-state index is 4.76. The van der Waals surface area contributed by atoms with Crippen LogP contribution in [0.1, 0.15) is 32.0 Å². The highest BCUT2D eigenvalue weighted by molar-refractivity contribution is 5.74. The lowest BCUT2D eigenvalue weighted by Gasteiger charge is -2.12. The first-order valence-electron chi connectivity index (χ1n) is 6.70. The Labute approximate surface area is 112 Å². The summed E-state index contributed by atoms with van der Waals surface area (Å²) in [5, 5.41) is 0. The van der Waals surface area contributed by atoms with Crippen molar-refractivity contribution < 1.29 is 0 Å². The fourth-order valence-electron chi connectivity index (χ4n) is 2.27. The van der Waals surface area contributed by atoms with E-state index in [0.717, 1.165) is 29.1 Å². The van der Waals surface area contributed by atoms with E-state index in [-0.39, 0.29) is 0 Å². The van der Waals surface area contributed by atoms with Crippen molar-refractivity contribution in [1.29, 1.82) is 0 Å². The van der Waals surface area contributed by atoms with Gasteiger partial charge in [0.25, 0.3) is 0 Å². The van der Waals surface area contributed by atoms with Crippen LogP contribution in [0.3, 0.4) is 0 Å². The standard InChI is InChI=1S/C16H17N3/c1-3-12(2)15-18-14-10-7-11-17-16(14)19(15)13-8-5-4-6-9-13/h4-12H,3H2,1-2H3. The van der Waals surface area contributed by atoms with Gasteiger partial charge in [0.15, 0.2) is 5.65 Å². The molecule has 0 saturated heterocycles. The van der Waals surface area contributed by atoms with Gasteiger partial charge >= 0.3 is 0 Å². The average Bonchev–Trinajstić information content (AvgIpc) is 2.86. The third kappa shape index (κ3) is 2.01. The van der Waals surface area contributed by atoms with E-state index in [2.05, 4.69) is 35.5 Å². The zero-order valence-electron chi connectivity index (χ0n) is 11.2. The van der Waals surface area contributed by atoms with Crippen LogP contribution in [0.5, 0.6) is 0 Å². The van der Waals surface area contributed by atoms with Crippen molar-refractivity contribution in [2.75, 3.05) is 0 Å². The highest BCUT2D eigenvalue weighted by atomic mass is 15.1. The summed E-state index contributed by atoms with van der Waals surface area (Å²) in [5.74, 6) is 1.50. The molecule has 96 valence electrons. The number of para-hydroxylation sites is 1. The van der Waals surface area contributed by atoms with Gasteiger partial charge in [0.05, 0.1) is 0 Å². The van der Waals surface area contributed by atoms with E-state index >= 15 is 0 Å². The van der Waals surface area contributed by atoms with Gasteiger partial charge < -0.3 is 0 Å². The predicted molar refractivity (Wildman–Crippen MR) is 77.6 cm³/mol. The van der Waals surface area contributed by atoms with Crippen LogP contribution < -0.4 is 0 Å². The molecule has 1 unspecified atom stereocenters. The van der Waals surface area contributed by atoms with Gasteiger partial charge in [0.2, 0.25) is 0 Å². The third-order valence-corrected chi connectivity index (χ3v) is 3.51. The van der Waals surface area contributed by atoms with Gasteiger partial charge in [-0.05, 0) is 30.7 Å². The number of hydrogen-bond donors (Lipinski definition) is 0. The van der Waals surface area contributed by atoms with Crippen LogP contribution >= 0.6 is 0 Å². The van der Waals surface area contributed by atoms with Gasteiger partial charge in [0.1, 0.15) is 11.3 Å². The molecule has 3 heteroatoms. The number of hydrogen-bond acceptors (Lipinski definition) is 2. The van der Waals surface area contributed by atoms with Gasteiger partial charge in [-0.25, -0.2) is 9.97 Å². The van der Waals surface area contributed by atoms with E-state index < -0.39 is 0 Å². The molecule has 1 atom stereocenters. The molecule has 0 saturated carbocycles. The highest BCUT2D eigenvalue weighted by Gasteiger charge is 2.16. The topological polar surface area (TPSA) is 30.7 Å². The summed E-state index contributed by atoms with van der Waals surface area (Å²) in [6.07, 6.45) is 2.89. The Morgan fingerprint density at radius 3 is 2.63 bits per heavy atom. The van der Waals surface area contributed by atoms with Crippen molar-refractivity contribution in [2.45, 2.75) is 26.2 Å². The molecular formula is C16H17N3. The second-order valence-electron chi connectivity index (χ2n) is 4.80. The molecule has 2 heterocycles. The van der Waals surface area contributed by atoms with Crippen molar-refractivity contribution in [1.82, 2.24) is 14.5 Å². The molecule has 19 heavy (non-hydrogen) atoms. The first kappa shape index (κ1) is 11.9. The van der Waals surface area contributed by atoms with Crippen LogP contribution in [-0.4, -0.2) is 14.5 Å². The lowest BCUT2D eigenvalue weighted by atomic mass is 10.1. The summed E-state index contributed by atoms with van der Waals surface area (Å²) < 4.78 is 2.17. The van der Waals surface area contributed by atoms with Gasteiger partial charge in [0, 0.05) is 17.8 Å². The Kier molecular flexibility index (Phi) is 3.03. The minimum absolute atomic E-state index is 0.411. The van der Waals surface area contributed by atoms with Crippen LogP contribution in [-0.2, 0) is 0 Å². The molecule has 0 aliphatic heterocycles. The van der Waals surface area contributed by atoms with Gasteiger partial charge in [-0.3, -0.25) is 4.57 Å². The lowest BCUT2D eigenvalue weighted by Crippen LogP contribution is -2.05. The highest BCUT2D eigenvalue weighted by Crippen LogP contribution is 2.26. The molecule has 0 N–H and O–H groups in total. The van der Waals surface area contributed by atoms with Crippen molar-refractivity contribution in [3.05, 3.63) is 54.5 Å². The lowest BCUT2D eigenvalue weighted by molar-refractivity contribution is 0.669. The van der Waals surface area contributed by atoms with Gasteiger partial charge in [-0.1, -0.05) is 32.0 Å². The summed E-state index contributed by atoms with van der Waals surface area (Å²) in [7, 11) is 0. The zero-order chi connectivity index (χ0) is 13.2. The monoisotopic (exact) mass is 251 g/mol. The second-order valence-corrected chi connectivity index (χ2v) is 4.80. The zero-order valence-corrected chi connectivity index (χ0v) is 11.2. The first-order chi connectivity index (χ1) is 9.31. The molecule has 3 nitrogen and oxygen atoms in total. The Balaban J connectivity index is 2.31. The summed E-state index contributed by atoms with van der Waals surface area (Å²) in [5.41, 5.74) is 3.02. The molecule has 0 aliphatic rings. The van der Waals surface area contributed by atoms with E-state index in [1.54, 1.807) is 0 Å². The summed E-state index contributed by atoms with van der Waals surface area (Å²) >= 11 is 0. The van der Waals surface area contributed by atoms with Gasteiger partial charge in [-0.15, -0.1) is 0 Å². The number of imidazole rings is 1. The maximum Gasteiger partial charge on any atom is 0.164 e. The number of benzene rings is 1. The molecule has 0 amide bonds. The summed E-state index contributed by atoms with van der Waals surface area (Å²) in [6, 6.07) is 14.3. The van der Waals surface area contributed by atoms with E-state index in [1.165, 1.54) is 0 Å². The van der Waals surface area contributed by atoms with Gasteiger partial charge in [-0.2, -0.15) is 0 Å². The van der Waals surface area contributed by atoms with Crippen molar-refractivity contribution in [3.63, 3.8) is 0 Å². The minimum atomic E-state index is 0.411. The number of nitrogens with zero attached hydrogens (tertiary/aromatic N) is 3. The van der Waals surface area contributed by atoms with Crippen LogP contribution in [0.15, 0.2) is 48.7 Å². The Bertz CT molecular complexity index is 686. The molecule has 0 radical (unpaired) electrons. The number of aromatic nitrogens is 3. The molecule has 1 aromatic carbocycles. The Hall–Kier alpha value is -2.16. The van der Waals surface area contributed by atoms with Crippen molar-refractivity contribution in [3.8, 4) is 5.69 Å². The first-order valence-corrected chi connectivity index (χ1v) is 6.70. The largest absolute Gasteiger partial charge is 0.280 e. The Morgan fingerprint density at radius 1 is 1.11 bits per heavy atom. The second kappa shape index (κ2) is 4.84. The predicted octanol–water partition coefficient (Wildman–Crippen LogP) is 3.93. The minimum Gasteiger partial charge on any atom is -0.280 e. The molecule has 0 bridgehead atoms. The van der Waals surface area contributed by atoms with E-state index in [9.17, 15) is 0 Å². The maximum atomic E-state index is 4.76. The molecule has 3 rings (SSSR count). The smallest absolute Gasteiger partial charge is 0.164 e. The number of rotatable bonds is 3. The molecule has 0 spiro atoms. The SMILES string of the molecule is CCC(C)c1nc2cccnc2n1-c1ccccc1. The summed E-state index contributed by atoms with van der Waals surface area (Å²) in [4.78, 5) is 9.26. The fraction of sp³-hybridized carbons (Fsp3) is 0.250. The Morgan fingerprint density at radius 2 is 1.89 bits per heavy atom. The molecular weight excluding hydrogens is 234 g/mol. The quantitative estimate of drug-likeness (QED) is 0.706. The average molecular weight is 251 g/mol. The number of fused-ring (bicyclic) bond motifs is 1. The van der Waals surface area contributed by atoms with E-state index in [4.69, 9.17) is 4.98 Å². The van der Waals surface area contributed by atoms with Crippen LogP contribution in [0.4, 0.5) is 0 Å². The van der Waals surface area contributed by atoms with Crippen LogP contribution in [0, 0.1) is 0 Å². The fourth-order valence-corrected chi connectivity index (χ4v) is 2.27. The molecule has 3 aromatic rings. The number of pyridine rings is 1. The van der Waals surface area contributed by atoms with Crippen LogP contribution in [0.2, 0.25) is 0 Å². The molecule has 0 fully saturated rings. The molecule has 0 aliphatic carbocycles.